The van der Waals surface area contributed by atoms with Crippen LogP contribution in [0.3, 0.4) is 0 Å². The molecule has 2 N–H and O–H groups in total. The number of aromatic nitrogens is 4. The van der Waals surface area contributed by atoms with E-state index in [0.29, 0.717) is 12.2 Å². The van der Waals surface area contributed by atoms with E-state index in [9.17, 15) is 23.1 Å². The zero-order valence-corrected chi connectivity index (χ0v) is 17.8. The molecule has 0 aliphatic rings. The van der Waals surface area contributed by atoms with E-state index in [1.165, 1.54) is 4.68 Å². The second kappa shape index (κ2) is 9.39. The first-order valence-electron chi connectivity index (χ1n) is 9.80. The van der Waals surface area contributed by atoms with Crippen LogP contribution in [0.1, 0.15) is 23.0 Å². The Balaban J connectivity index is 2.08. The number of alkyl halides is 3. The predicted octanol–water partition coefficient (Wildman–Crippen LogP) is 3.61. The van der Waals surface area contributed by atoms with Crippen molar-refractivity contribution in [3.8, 4) is 0 Å². The van der Waals surface area contributed by atoms with Gasteiger partial charge in [0.25, 0.3) is 0 Å². The highest BCUT2D eigenvalue weighted by molar-refractivity contribution is 6.03. The van der Waals surface area contributed by atoms with Gasteiger partial charge in [0.05, 0.1) is 13.2 Å². The van der Waals surface area contributed by atoms with Crippen molar-refractivity contribution in [2.45, 2.75) is 26.6 Å². The van der Waals surface area contributed by atoms with Gasteiger partial charge in [0.15, 0.2) is 11.5 Å². The maximum atomic E-state index is 12.4. The molecular weight excluding hydrogens is 429 g/mol. The minimum absolute atomic E-state index is 0.0776. The lowest BCUT2D eigenvalue weighted by Crippen LogP contribution is -2.20. The van der Waals surface area contributed by atoms with Gasteiger partial charge in [0.1, 0.15) is 17.6 Å². The number of ether oxygens (including phenoxy) is 1. The number of carboxylic acid groups (broad SMARTS) is 1. The fourth-order valence-corrected chi connectivity index (χ4v) is 2.97. The Kier molecular flexibility index (Phi) is 6.82. The molecule has 0 aliphatic heterocycles. The highest BCUT2D eigenvalue weighted by Crippen LogP contribution is 2.29. The summed E-state index contributed by atoms with van der Waals surface area (Å²) >= 11 is 0. The minimum atomic E-state index is -4.46. The van der Waals surface area contributed by atoms with Crippen molar-refractivity contribution >= 4 is 34.5 Å². The number of carboxylic acids is 1. The number of nitrogens with one attached hydrogen (secondary N) is 1. The predicted molar refractivity (Wildman–Crippen MR) is 113 cm³/mol. The zero-order chi connectivity index (χ0) is 23.5. The zero-order valence-electron chi connectivity index (χ0n) is 17.8. The third-order valence-electron chi connectivity index (χ3n) is 4.59. The standard InChI is InChI=1S/C20H23F3N6O3/c1-4-28(3)19-25-14-15(18(30)31)27-29(8-9-32-11-20(21,22)23)16(14)17(26-19)24-13-7-5-6-12(2)10-13/h5-7,10H,4,8-9,11H2,1-3H3,(H,30,31)(H,24,25,26). The van der Waals surface area contributed by atoms with E-state index < -0.39 is 18.8 Å². The van der Waals surface area contributed by atoms with Gasteiger partial charge >= 0.3 is 12.1 Å². The summed E-state index contributed by atoms with van der Waals surface area (Å²) < 4.78 is 43.1. The molecule has 0 unspecified atom stereocenters. The van der Waals surface area contributed by atoms with E-state index in [2.05, 4.69) is 25.1 Å². The highest BCUT2D eigenvalue weighted by atomic mass is 19.4. The van der Waals surface area contributed by atoms with Crippen LogP contribution in [0, 0.1) is 6.92 Å². The number of fused-ring (bicyclic) bond motifs is 1. The molecule has 0 aliphatic carbocycles. The number of rotatable bonds is 9. The Hall–Kier alpha value is -3.41. The molecule has 2 heterocycles. The number of halogens is 3. The molecule has 0 atom stereocenters. The number of anilines is 3. The molecule has 172 valence electrons. The number of hydrogen-bond donors (Lipinski definition) is 2. The Morgan fingerprint density at radius 1 is 1.31 bits per heavy atom. The summed E-state index contributed by atoms with van der Waals surface area (Å²) in [6.45, 7) is 2.53. The first-order valence-corrected chi connectivity index (χ1v) is 9.80. The van der Waals surface area contributed by atoms with Crippen LogP contribution >= 0.6 is 0 Å². The van der Waals surface area contributed by atoms with Crippen LogP contribution in [-0.4, -0.2) is 63.8 Å². The van der Waals surface area contributed by atoms with Crippen molar-refractivity contribution in [2.24, 2.45) is 0 Å². The molecule has 32 heavy (non-hydrogen) atoms. The van der Waals surface area contributed by atoms with E-state index in [4.69, 9.17) is 0 Å². The summed E-state index contributed by atoms with van der Waals surface area (Å²) in [5, 5.41) is 16.9. The van der Waals surface area contributed by atoms with Crippen molar-refractivity contribution in [2.75, 3.05) is 37.0 Å². The number of benzene rings is 1. The van der Waals surface area contributed by atoms with Gasteiger partial charge in [0, 0.05) is 19.3 Å². The van der Waals surface area contributed by atoms with Gasteiger partial charge in [-0.3, -0.25) is 4.68 Å². The van der Waals surface area contributed by atoms with Crippen LogP contribution in [0.15, 0.2) is 24.3 Å². The molecule has 12 heteroatoms. The summed E-state index contributed by atoms with van der Waals surface area (Å²) in [5.41, 5.74) is 1.71. The number of aryl methyl sites for hydroxylation is 1. The van der Waals surface area contributed by atoms with Crippen LogP contribution in [-0.2, 0) is 11.3 Å². The maximum Gasteiger partial charge on any atom is 0.411 e. The molecule has 2 aromatic heterocycles. The number of nitrogens with zero attached hydrogens (tertiary/aromatic N) is 5. The third kappa shape index (κ3) is 5.44. The maximum absolute atomic E-state index is 12.4. The van der Waals surface area contributed by atoms with Crippen molar-refractivity contribution < 1.29 is 27.8 Å². The first kappa shape index (κ1) is 23.3. The van der Waals surface area contributed by atoms with Crippen LogP contribution in [0.2, 0.25) is 0 Å². The molecule has 0 fully saturated rings. The molecule has 3 rings (SSSR count). The lowest BCUT2D eigenvalue weighted by atomic mass is 10.2. The summed E-state index contributed by atoms with van der Waals surface area (Å²) in [7, 11) is 1.76. The number of carbonyl (C=O) groups is 1. The Bertz CT molecular complexity index is 1120. The van der Waals surface area contributed by atoms with Crippen molar-refractivity contribution in [3.63, 3.8) is 0 Å². The quantitative estimate of drug-likeness (QED) is 0.475. The van der Waals surface area contributed by atoms with Gasteiger partial charge in [0.2, 0.25) is 5.95 Å². The third-order valence-corrected chi connectivity index (χ3v) is 4.59. The molecule has 0 saturated heterocycles. The molecule has 9 nitrogen and oxygen atoms in total. The van der Waals surface area contributed by atoms with Crippen LogP contribution in [0.4, 0.5) is 30.6 Å². The molecule has 3 aromatic rings. The monoisotopic (exact) mass is 452 g/mol. The number of aromatic carboxylic acids is 1. The van der Waals surface area contributed by atoms with E-state index in [-0.39, 0.29) is 41.6 Å². The molecule has 1 aromatic carbocycles. The summed E-state index contributed by atoms with van der Waals surface area (Å²) in [5.74, 6) is -0.743. The summed E-state index contributed by atoms with van der Waals surface area (Å²) in [6.07, 6.45) is -4.46. The fourth-order valence-electron chi connectivity index (χ4n) is 2.97. The van der Waals surface area contributed by atoms with Gasteiger partial charge < -0.3 is 20.1 Å². The second-order valence-corrected chi connectivity index (χ2v) is 7.12. The van der Waals surface area contributed by atoms with Gasteiger partial charge in [-0.05, 0) is 31.5 Å². The Morgan fingerprint density at radius 3 is 2.69 bits per heavy atom. The molecule has 0 radical (unpaired) electrons. The van der Waals surface area contributed by atoms with Crippen molar-refractivity contribution in [1.29, 1.82) is 0 Å². The summed E-state index contributed by atoms with van der Waals surface area (Å²) in [4.78, 5) is 22.4. The lowest BCUT2D eigenvalue weighted by Gasteiger charge is -2.17. The van der Waals surface area contributed by atoms with E-state index in [0.717, 1.165) is 5.56 Å². The van der Waals surface area contributed by atoms with Crippen LogP contribution in [0.5, 0.6) is 0 Å². The molecule has 0 saturated carbocycles. The van der Waals surface area contributed by atoms with Crippen molar-refractivity contribution in [3.05, 3.63) is 35.5 Å². The SMILES string of the molecule is CCN(C)c1nc(Nc2cccc(C)c2)c2c(n1)c(C(=O)O)nn2CCOCC(F)(F)F. The fraction of sp³-hybridized carbons (Fsp3) is 0.400. The normalized spacial score (nSPS) is 11.7. The van der Waals surface area contributed by atoms with E-state index >= 15 is 0 Å². The average Bonchev–Trinajstić information content (AvgIpc) is 3.09. The minimum Gasteiger partial charge on any atom is -0.476 e. The van der Waals surface area contributed by atoms with Gasteiger partial charge in [-0.1, -0.05) is 12.1 Å². The Labute approximate surface area is 181 Å². The molecular formula is C20H23F3N6O3. The van der Waals surface area contributed by atoms with Crippen molar-refractivity contribution in [1.82, 2.24) is 19.7 Å². The molecule has 0 bridgehead atoms. The Morgan fingerprint density at radius 2 is 2.06 bits per heavy atom. The lowest BCUT2D eigenvalue weighted by molar-refractivity contribution is -0.174. The smallest absolute Gasteiger partial charge is 0.411 e. The number of hydrogen-bond acceptors (Lipinski definition) is 7. The van der Waals surface area contributed by atoms with E-state index in [1.54, 1.807) is 11.9 Å². The molecule has 0 spiro atoms. The van der Waals surface area contributed by atoms with Crippen LogP contribution < -0.4 is 10.2 Å². The highest BCUT2D eigenvalue weighted by Gasteiger charge is 2.28. The average molecular weight is 452 g/mol. The van der Waals surface area contributed by atoms with E-state index in [1.807, 2.05) is 38.1 Å². The largest absolute Gasteiger partial charge is 0.476 e. The molecule has 0 amide bonds. The second-order valence-electron chi connectivity index (χ2n) is 7.12. The van der Waals surface area contributed by atoms with Gasteiger partial charge in [-0.25, -0.2) is 9.78 Å². The summed E-state index contributed by atoms with van der Waals surface area (Å²) in [6, 6.07) is 7.46. The van der Waals surface area contributed by atoms with Gasteiger partial charge in [-0.2, -0.15) is 23.3 Å². The van der Waals surface area contributed by atoms with Crippen LogP contribution in [0.25, 0.3) is 11.0 Å². The first-order chi connectivity index (χ1) is 15.1. The topological polar surface area (TPSA) is 105 Å². The van der Waals surface area contributed by atoms with Gasteiger partial charge in [-0.15, -0.1) is 0 Å².